The van der Waals surface area contributed by atoms with E-state index in [0.29, 0.717) is 36.3 Å². The molecule has 4 rings (SSSR count). The van der Waals surface area contributed by atoms with Gasteiger partial charge in [0.1, 0.15) is 5.60 Å². The fourth-order valence-electron chi connectivity index (χ4n) is 4.27. The summed E-state index contributed by atoms with van der Waals surface area (Å²) in [6.45, 7) is 5.30. The van der Waals surface area contributed by atoms with Crippen molar-refractivity contribution in [2.24, 2.45) is 5.92 Å². The summed E-state index contributed by atoms with van der Waals surface area (Å²) in [7, 11) is 0. The van der Waals surface area contributed by atoms with Crippen LogP contribution in [0.2, 0.25) is 0 Å². The molecule has 2 amide bonds. The third-order valence-corrected chi connectivity index (χ3v) is 6.94. The number of anilines is 3. The smallest absolute Gasteiger partial charge is 0.416 e. The van der Waals surface area contributed by atoms with E-state index in [0.717, 1.165) is 22.7 Å². The number of alkyl halides is 3. The number of rotatable bonds is 3. The van der Waals surface area contributed by atoms with Crippen molar-refractivity contribution in [3.63, 3.8) is 0 Å². The first-order valence-corrected chi connectivity index (χ1v) is 12.3. The molecule has 2 aliphatic rings. The molecule has 2 aromatic carbocycles. The Kier molecular flexibility index (Phi) is 6.95. The number of nitrogens with one attached hydrogen (secondary N) is 3. The number of ether oxygens (including phenoxy) is 1. The second-order valence-electron chi connectivity index (χ2n) is 9.81. The highest BCUT2D eigenvalue weighted by Gasteiger charge is 2.35. The molecule has 0 spiro atoms. The Bertz CT molecular complexity index is 1130. The number of carbonyl (C=O) groups excluding carboxylic acids is 2. The topological polar surface area (TPSA) is 79.5 Å². The van der Waals surface area contributed by atoms with E-state index in [9.17, 15) is 22.8 Å². The van der Waals surface area contributed by atoms with Crippen molar-refractivity contribution < 1.29 is 27.5 Å². The molecule has 1 heterocycles. The summed E-state index contributed by atoms with van der Waals surface area (Å²) in [5, 5.41) is 8.72. The number of alkyl carbamates (subject to hydrolysis) is 1. The largest absolute Gasteiger partial charge is 0.444 e. The zero-order valence-corrected chi connectivity index (χ0v) is 20.5. The minimum Gasteiger partial charge on any atom is -0.444 e. The van der Waals surface area contributed by atoms with Gasteiger partial charge in [-0.05, 0) is 64.3 Å². The molecule has 3 N–H and O–H groups in total. The Balaban J connectivity index is 1.52. The van der Waals surface area contributed by atoms with Crippen LogP contribution in [0.5, 0.6) is 0 Å². The Hall–Kier alpha value is -2.88. The molecule has 1 aliphatic carbocycles. The molecule has 2 aromatic rings. The molecule has 0 saturated heterocycles. The zero-order chi connectivity index (χ0) is 25.4. The van der Waals surface area contributed by atoms with Gasteiger partial charge in [-0.2, -0.15) is 13.2 Å². The van der Waals surface area contributed by atoms with Gasteiger partial charge in [0.2, 0.25) is 5.91 Å². The van der Waals surface area contributed by atoms with E-state index in [2.05, 4.69) is 16.0 Å². The number of benzene rings is 2. The monoisotopic (exact) mass is 507 g/mol. The number of hydrogen-bond acceptors (Lipinski definition) is 5. The lowest BCUT2D eigenvalue weighted by molar-refractivity contribution is -0.137. The van der Waals surface area contributed by atoms with Crippen LogP contribution in [0.1, 0.15) is 52.0 Å². The average Bonchev–Trinajstić information content (AvgIpc) is 2.76. The van der Waals surface area contributed by atoms with Gasteiger partial charge in [-0.3, -0.25) is 4.79 Å². The van der Waals surface area contributed by atoms with Crippen molar-refractivity contribution in [3.05, 3.63) is 42.0 Å². The molecule has 1 aliphatic heterocycles. The Labute approximate surface area is 206 Å². The van der Waals surface area contributed by atoms with Gasteiger partial charge in [0.25, 0.3) is 0 Å². The minimum absolute atomic E-state index is 0.0871. The van der Waals surface area contributed by atoms with Crippen LogP contribution >= 0.6 is 11.8 Å². The summed E-state index contributed by atoms with van der Waals surface area (Å²) >= 11 is 1.23. The highest BCUT2D eigenvalue weighted by Crippen LogP contribution is 2.49. The van der Waals surface area contributed by atoms with E-state index < -0.39 is 29.4 Å². The lowest BCUT2D eigenvalue weighted by Gasteiger charge is -2.30. The molecule has 10 heteroatoms. The van der Waals surface area contributed by atoms with Gasteiger partial charge in [0.05, 0.1) is 22.6 Å². The van der Waals surface area contributed by atoms with Crippen LogP contribution in [0.4, 0.5) is 35.0 Å². The fourth-order valence-corrected chi connectivity index (χ4v) is 5.33. The quantitative estimate of drug-likeness (QED) is 0.358. The van der Waals surface area contributed by atoms with Crippen molar-refractivity contribution in [3.8, 4) is 0 Å². The predicted octanol–water partition coefficient (Wildman–Crippen LogP) is 6.94. The molecular weight excluding hydrogens is 479 g/mol. The fraction of sp³-hybridized carbons (Fsp3) is 0.440. The van der Waals surface area contributed by atoms with Gasteiger partial charge < -0.3 is 20.7 Å². The minimum atomic E-state index is -4.56. The third kappa shape index (κ3) is 6.22. The highest BCUT2D eigenvalue weighted by atomic mass is 32.2. The second kappa shape index (κ2) is 9.64. The summed E-state index contributed by atoms with van der Waals surface area (Å²) in [6.07, 6.45) is -2.71. The van der Waals surface area contributed by atoms with Crippen molar-refractivity contribution >= 4 is 40.8 Å². The van der Waals surface area contributed by atoms with E-state index in [1.807, 2.05) is 24.3 Å². The molecule has 0 aromatic heterocycles. The van der Waals surface area contributed by atoms with E-state index in [-0.39, 0.29) is 17.6 Å². The summed E-state index contributed by atoms with van der Waals surface area (Å²) in [5.41, 5.74) is -0.173. The molecule has 35 heavy (non-hydrogen) atoms. The van der Waals surface area contributed by atoms with Gasteiger partial charge in [-0.1, -0.05) is 30.3 Å². The van der Waals surface area contributed by atoms with E-state index in [4.69, 9.17) is 4.74 Å². The molecule has 0 bridgehead atoms. The van der Waals surface area contributed by atoms with Gasteiger partial charge in [-0.15, -0.1) is 0 Å². The Morgan fingerprint density at radius 2 is 1.83 bits per heavy atom. The van der Waals surface area contributed by atoms with Crippen LogP contribution in [0, 0.1) is 5.92 Å². The van der Waals surface area contributed by atoms with Crippen molar-refractivity contribution in [2.75, 3.05) is 10.6 Å². The molecule has 6 nitrogen and oxygen atoms in total. The maximum atomic E-state index is 13.6. The van der Waals surface area contributed by atoms with Gasteiger partial charge in [0, 0.05) is 21.8 Å². The first-order valence-electron chi connectivity index (χ1n) is 11.5. The number of hydrogen-bond donors (Lipinski definition) is 3. The van der Waals surface area contributed by atoms with E-state index >= 15 is 0 Å². The maximum absolute atomic E-state index is 13.6. The standard InChI is InChI=1S/C25H28F3N3O3S/c1-24(2,3)34-23(33)29-16-8-6-7-14(11-16)22(32)31-18-12-15(25(26,27)28)13-20-21(18)30-17-9-4-5-10-19(17)35-20/h4-5,9-10,12-14,16,30H,6-8,11H2,1-3H3,(H,29,33)(H,31,32). The van der Waals surface area contributed by atoms with Crippen molar-refractivity contribution in [2.45, 2.75) is 74.1 Å². The summed E-state index contributed by atoms with van der Waals surface area (Å²) in [4.78, 5) is 26.5. The Morgan fingerprint density at radius 3 is 2.54 bits per heavy atom. The molecule has 2 atom stereocenters. The number of halogens is 3. The zero-order valence-electron chi connectivity index (χ0n) is 19.7. The lowest BCUT2D eigenvalue weighted by Crippen LogP contribution is -2.43. The van der Waals surface area contributed by atoms with Crippen LogP contribution in [-0.4, -0.2) is 23.6 Å². The molecule has 1 saturated carbocycles. The normalized spacial score (nSPS) is 19.6. The first kappa shape index (κ1) is 25.2. The summed E-state index contributed by atoms with van der Waals surface area (Å²) in [5.74, 6) is -0.815. The number of para-hydroxylation sites is 1. The van der Waals surface area contributed by atoms with Crippen LogP contribution in [-0.2, 0) is 15.7 Å². The SMILES string of the molecule is CC(C)(C)OC(=O)NC1CCCC(C(=O)Nc2cc(C(F)(F)F)cc3c2Nc2ccccc2S3)C1. The third-order valence-electron chi connectivity index (χ3n) is 5.82. The Morgan fingerprint density at radius 1 is 1.09 bits per heavy atom. The summed E-state index contributed by atoms with van der Waals surface area (Å²) < 4.78 is 46.2. The molecule has 188 valence electrons. The maximum Gasteiger partial charge on any atom is 0.416 e. The predicted molar refractivity (Wildman–Crippen MR) is 129 cm³/mol. The van der Waals surface area contributed by atoms with Crippen LogP contribution in [0.25, 0.3) is 0 Å². The summed E-state index contributed by atoms with van der Waals surface area (Å²) in [6, 6.07) is 9.14. The lowest BCUT2D eigenvalue weighted by atomic mass is 9.85. The second-order valence-corrected chi connectivity index (χ2v) is 10.9. The van der Waals surface area contributed by atoms with Crippen molar-refractivity contribution in [1.29, 1.82) is 0 Å². The van der Waals surface area contributed by atoms with Gasteiger partial charge >= 0.3 is 12.3 Å². The van der Waals surface area contributed by atoms with Gasteiger partial charge in [0.15, 0.2) is 0 Å². The molecular formula is C25H28F3N3O3S. The first-order chi connectivity index (χ1) is 16.4. The van der Waals surface area contributed by atoms with E-state index in [1.165, 1.54) is 11.8 Å². The van der Waals surface area contributed by atoms with E-state index in [1.54, 1.807) is 20.8 Å². The highest BCUT2D eigenvalue weighted by molar-refractivity contribution is 7.99. The molecule has 2 unspecified atom stereocenters. The molecule has 0 radical (unpaired) electrons. The van der Waals surface area contributed by atoms with Crippen LogP contribution in [0.3, 0.4) is 0 Å². The number of amides is 2. The van der Waals surface area contributed by atoms with Crippen LogP contribution in [0.15, 0.2) is 46.2 Å². The van der Waals surface area contributed by atoms with Crippen molar-refractivity contribution in [1.82, 2.24) is 5.32 Å². The average molecular weight is 508 g/mol. The number of carbonyl (C=O) groups is 2. The molecule has 1 fully saturated rings. The van der Waals surface area contributed by atoms with Crippen LogP contribution < -0.4 is 16.0 Å². The number of fused-ring (bicyclic) bond motifs is 2. The van der Waals surface area contributed by atoms with Gasteiger partial charge in [-0.25, -0.2) is 4.79 Å².